The quantitative estimate of drug-likeness (QED) is 0.173. The maximum absolute atomic E-state index is 6.75. The minimum Gasteiger partial charge on any atom is -0.457 e. The molecule has 12 rings (SSSR count). The molecule has 0 saturated heterocycles. The second-order valence-electron chi connectivity index (χ2n) is 16.8. The molecule has 1 spiro atoms. The molecule has 0 radical (unpaired) electrons. The third-order valence-corrected chi connectivity index (χ3v) is 13.3. The van der Waals surface area contributed by atoms with Crippen LogP contribution in [0.4, 0.5) is 17.1 Å². The second kappa shape index (κ2) is 13.0. The summed E-state index contributed by atoms with van der Waals surface area (Å²) in [5.74, 6) is 1.78. The lowest BCUT2D eigenvalue weighted by Gasteiger charge is -2.39. The number of benzene rings is 9. The van der Waals surface area contributed by atoms with Gasteiger partial charge in [0.05, 0.1) is 11.1 Å². The van der Waals surface area contributed by atoms with Gasteiger partial charge >= 0.3 is 0 Å². The van der Waals surface area contributed by atoms with Crippen molar-refractivity contribution in [3.8, 4) is 56.0 Å². The molecule has 2 aliphatic carbocycles. The van der Waals surface area contributed by atoms with Gasteiger partial charge in [0, 0.05) is 33.5 Å². The maximum Gasteiger partial charge on any atom is 0.132 e. The molecule has 0 aromatic heterocycles. The van der Waals surface area contributed by atoms with Crippen LogP contribution >= 0.6 is 0 Å². The minimum absolute atomic E-state index is 0.0919. The molecule has 0 unspecified atom stereocenters. The van der Waals surface area contributed by atoms with Gasteiger partial charge in [-0.25, -0.2) is 0 Å². The van der Waals surface area contributed by atoms with Crippen molar-refractivity contribution in [3.05, 3.63) is 246 Å². The Bertz CT molecular complexity index is 3110. The standard InChI is InChI=1S/C58H41NO/c1-57(2)48-23-11-9-22-44(48)47-36-41(31-34-49(47)57)59(54-26-14-10-21-43(54)39-19-7-4-8-20-39)42-30-32-45-46-35-40(38-17-5-3-6-18-38)29-33-50(46)58(53(45)37-42)51-24-12-15-27-55(51)60-56-28-16-13-25-52(56)58/h3-37H,1-2H3. The highest BCUT2D eigenvalue weighted by Crippen LogP contribution is 2.63. The summed E-state index contributed by atoms with van der Waals surface area (Å²) < 4.78 is 6.75. The molecule has 1 aliphatic heterocycles. The Balaban J connectivity index is 1.15. The number of nitrogens with zero attached hydrogens (tertiary/aromatic N) is 1. The van der Waals surface area contributed by atoms with E-state index in [0.29, 0.717) is 0 Å². The second-order valence-corrected chi connectivity index (χ2v) is 16.8. The van der Waals surface area contributed by atoms with E-state index in [9.17, 15) is 0 Å². The predicted octanol–water partition coefficient (Wildman–Crippen LogP) is 15.3. The Labute approximate surface area is 351 Å². The lowest BCUT2D eigenvalue weighted by Crippen LogP contribution is -2.32. The molecule has 2 heteroatoms. The van der Waals surface area contributed by atoms with Crippen LogP contribution in [0.5, 0.6) is 11.5 Å². The van der Waals surface area contributed by atoms with Crippen LogP contribution in [0.15, 0.2) is 212 Å². The van der Waals surface area contributed by atoms with E-state index in [4.69, 9.17) is 4.74 Å². The highest BCUT2D eigenvalue weighted by Gasteiger charge is 2.51. The van der Waals surface area contributed by atoms with E-state index in [1.54, 1.807) is 0 Å². The van der Waals surface area contributed by atoms with Crippen molar-refractivity contribution in [3.63, 3.8) is 0 Å². The topological polar surface area (TPSA) is 12.5 Å². The van der Waals surface area contributed by atoms with Crippen molar-refractivity contribution < 1.29 is 4.74 Å². The molecule has 0 N–H and O–H groups in total. The van der Waals surface area contributed by atoms with E-state index in [0.717, 1.165) is 39.7 Å². The zero-order chi connectivity index (χ0) is 40.0. The number of ether oxygens (including phenoxy) is 1. The van der Waals surface area contributed by atoms with Crippen molar-refractivity contribution >= 4 is 17.1 Å². The number of anilines is 3. The molecular weight excluding hydrogens is 727 g/mol. The largest absolute Gasteiger partial charge is 0.457 e. The summed E-state index contributed by atoms with van der Waals surface area (Å²) >= 11 is 0. The molecule has 0 saturated carbocycles. The van der Waals surface area contributed by atoms with E-state index in [-0.39, 0.29) is 5.41 Å². The Morgan fingerprint density at radius 3 is 1.58 bits per heavy atom. The normalized spacial score (nSPS) is 14.2. The molecule has 9 aromatic rings. The Kier molecular flexibility index (Phi) is 7.52. The van der Waals surface area contributed by atoms with Gasteiger partial charge in [-0.15, -0.1) is 0 Å². The van der Waals surface area contributed by atoms with Gasteiger partial charge in [-0.2, -0.15) is 0 Å². The maximum atomic E-state index is 6.75. The first-order valence-electron chi connectivity index (χ1n) is 20.9. The Morgan fingerprint density at radius 2 is 0.850 bits per heavy atom. The molecule has 0 amide bonds. The highest BCUT2D eigenvalue weighted by molar-refractivity contribution is 5.95. The van der Waals surface area contributed by atoms with Gasteiger partial charge in [-0.05, 0) is 110 Å². The van der Waals surface area contributed by atoms with Crippen molar-refractivity contribution in [1.82, 2.24) is 0 Å². The molecule has 0 atom stereocenters. The molecule has 60 heavy (non-hydrogen) atoms. The first-order valence-corrected chi connectivity index (χ1v) is 20.9. The fourth-order valence-electron chi connectivity index (χ4n) is 10.6. The summed E-state index contributed by atoms with van der Waals surface area (Å²) in [6, 6.07) is 77.9. The van der Waals surface area contributed by atoms with Crippen LogP contribution in [-0.2, 0) is 10.8 Å². The number of rotatable bonds is 5. The van der Waals surface area contributed by atoms with Crippen molar-refractivity contribution in [2.45, 2.75) is 24.7 Å². The lowest BCUT2D eigenvalue weighted by molar-refractivity contribution is 0.436. The summed E-state index contributed by atoms with van der Waals surface area (Å²) in [7, 11) is 0. The van der Waals surface area contributed by atoms with Gasteiger partial charge in [0.2, 0.25) is 0 Å². The van der Waals surface area contributed by atoms with Gasteiger partial charge < -0.3 is 9.64 Å². The van der Waals surface area contributed by atoms with Crippen LogP contribution in [-0.4, -0.2) is 0 Å². The minimum atomic E-state index is -0.618. The van der Waals surface area contributed by atoms with Crippen LogP contribution in [0.1, 0.15) is 47.2 Å². The van der Waals surface area contributed by atoms with E-state index in [1.165, 1.54) is 66.8 Å². The molecule has 2 nitrogen and oxygen atoms in total. The van der Waals surface area contributed by atoms with E-state index in [2.05, 4.69) is 231 Å². The van der Waals surface area contributed by atoms with Gasteiger partial charge in [0.25, 0.3) is 0 Å². The SMILES string of the molecule is CC1(C)c2ccccc2-c2cc(N(c3ccc4c(c3)C3(c5ccccc5Oc5ccccc53)c3ccc(-c5ccccc5)cc3-4)c3ccccc3-c3ccccc3)ccc21. The van der Waals surface area contributed by atoms with Gasteiger partial charge in [-0.3, -0.25) is 0 Å². The van der Waals surface area contributed by atoms with Crippen LogP contribution in [0, 0.1) is 0 Å². The average molecular weight is 768 g/mol. The Morgan fingerprint density at radius 1 is 0.333 bits per heavy atom. The summed E-state index contributed by atoms with van der Waals surface area (Å²) in [6.45, 7) is 4.70. The summed E-state index contributed by atoms with van der Waals surface area (Å²) in [6.07, 6.45) is 0. The fourth-order valence-corrected chi connectivity index (χ4v) is 10.6. The van der Waals surface area contributed by atoms with Crippen molar-refractivity contribution in [2.24, 2.45) is 0 Å². The van der Waals surface area contributed by atoms with Crippen LogP contribution in [0.25, 0.3) is 44.5 Å². The fraction of sp³-hybridized carbons (Fsp3) is 0.0690. The number of hydrogen-bond donors (Lipinski definition) is 0. The zero-order valence-electron chi connectivity index (χ0n) is 33.6. The van der Waals surface area contributed by atoms with Crippen LogP contribution in [0.2, 0.25) is 0 Å². The number of fused-ring (bicyclic) bond motifs is 12. The smallest absolute Gasteiger partial charge is 0.132 e. The molecule has 0 bridgehead atoms. The zero-order valence-corrected chi connectivity index (χ0v) is 33.6. The third-order valence-electron chi connectivity index (χ3n) is 13.3. The van der Waals surface area contributed by atoms with Crippen molar-refractivity contribution in [2.75, 3.05) is 4.90 Å². The lowest BCUT2D eigenvalue weighted by atomic mass is 9.66. The number of para-hydroxylation sites is 3. The van der Waals surface area contributed by atoms with Crippen LogP contribution in [0.3, 0.4) is 0 Å². The van der Waals surface area contributed by atoms with Gasteiger partial charge in [0.15, 0.2) is 0 Å². The first-order chi connectivity index (χ1) is 29.5. The average Bonchev–Trinajstić information content (AvgIpc) is 3.71. The van der Waals surface area contributed by atoms with Gasteiger partial charge in [0.1, 0.15) is 11.5 Å². The summed E-state index contributed by atoms with van der Waals surface area (Å²) in [5.41, 5.74) is 20.0. The predicted molar refractivity (Wildman–Crippen MR) is 247 cm³/mol. The summed E-state index contributed by atoms with van der Waals surface area (Å²) in [4.78, 5) is 2.49. The van der Waals surface area contributed by atoms with E-state index < -0.39 is 5.41 Å². The molecule has 3 aliphatic rings. The monoisotopic (exact) mass is 767 g/mol. The Hall–Kier alpha value is -7.42. The molecule has 9 aromatic carbocycles. The molecule has 0 fully saturated rings. The van der Waals surface area contributed by atoms with E-state index in [1.807, 2.05) is 0 Å². The van der Waals surface area contributed by atoms with E-state index >= 15 is 0 Å². The first kappa shape index (κ1) is 34.6. The van der Waals surface area contributed by atoms with Crippen LogP contribution < -0.4 is 9.64 Å². The molecule has 1 heterocycles. The van der Waals surface area contributed by atoms with Crippen molar-refractivity contribution in [1.29, 1.82) is 0 Å². The molecule has 284 valence electrons. The number of hydrogen-bond acceptors (Lipinski definition) is 2. The summed E-state index contributed by atoms with van der Waals surface area (Å²) in [5, 5.41) is 0. The molecular formula is C58H41NO. The third kappa shape index (κ3) is 4.88. The van der Waals surface area contributed by atoms with Gasteiger partial charge in [-0.1, -0.05) is 178 Å². The highest BCUT2D eigenvalue weighted by atomic mass is 16.5.